The van der Waals surface area contributed by atoms with Gasteiger partial charge in [-0.2, -0.15) is 5.10 Å². The summed E-state index contributed by atoms with van der Waals surface area (Å²) in [5, 5.41) is 8.68. The van der Waals surface area contributed by atoms with Gasteiger partial charge in [0, 0.05) is 12.7 Å². The second-order valence-corrected chi connectivity index (χ2v) is 2.54. The first kappa shape index (κ1) is 9.44. The van der Waals surface area contributed by atoms with Crippen LogP contribution in [0.2, 0.25) is 0 Å². The van der Waals surface area contributed by atoms with Gasteiger partial charge in [-0.3, -0.25) is 14.7 Å². The first-order chi connectivity index (χ1) is 6.24. The molecule has 0 bridgehead atoms. The fourth-order valence-electron chi connectivity index (χ4n) is 0.911. The van der Waals surface area contributed by atoms with Crippen LogP contribution in [0.15, 0.2) is 12.4 Å². The Labute approximate surface area is 75.5 Å². The molecule has 1 heterocycles. The number of hydrogen-bond donors (Lipinski definition) is 2. The average Bonchev–Trinajstić information content (AvgIpc) is 2.55. The first-order valence-electron chi connectivity index (χ1n) is 4.02. The van der Waals surface area contributed by atoms with E-state index in [0.717, 1.165) is 0 Å². The smallest absolute Gasteiger partial charge is 0.227 e. The van der Waals surface area contributed by atoms with Crippen molar-refractivity contribution < 1.29 is 9.59 Å². The summed E-state index contributed by atoms with van der Waals surface area (Å²) in [7, 11) is 0. The Hall–Kier alpha value is -1.65. The van der Waals surface area contributed by atoms with Crippen molar-refractivity contribution in [1.82, 2.24) is 15.5 Å². The Kier molecular flexibility index (Phi) is 3.19. The molecule has 5 heteroatoms. The SMILES string of the molecule is CCNC(=O)CC(=O)c1cn[nH]c1. The van der Waals surface area contributed by atoms with Crippen LogP contribution in [0.25, 0.3) is 0 Å². The second-order valence-electron chi connectivity index (χ2n) is 2.54. The van der Waals surface area contributed by atoms with Crippen LogP contribution in [0.5, 0.6) is 0 Å². The van der Waals surface area contributed by atoms with Gasteiger partial charge in [-0.25, -0.2) is 0 Å². The lowest BCUT2D eigenvalue weighted by molar-refractivity contribution is -0.120. The highest BCUT2D eigenvalue weighted by atomic mass is 16.2. The quantitative estimate of drug-likeness (QED) is 0.511. The fraction of sp³-hybridized carbons (Fsp3) is 0.375. The Bertz CT molecular complexity index is 292. The maximum absolute atomic E-state index is 11.3. The van der Waals surface area contributed by atoms with Crippen molar-refractivity contribution >= 4 is 11.7 Å². The van der Waals surface area contributed by atoms with E-state index in [1.807, 2.05) is 0 Å². The van der Waals surface area contributed by atoms with E-state index in [-0.39, 0.29) is 18.1 Å². The maximum atomic E-state index is 11.3. The van der Waals surface area contributed by atoms with Gasteiger partial charge in [0.05, 0.1) is 18.2 Å². The van der Waals surface area contributed by atoms with Crippen LogP contribution in [-0.2, 0) is 4.79 Å². The summed E-state index contributed by atoms with van der Waals surface area (Å²) in [6.45, 7) is 2.34. The first-order valence-corrected chi connectivity index (χ1v) is 4.02. The summed E-state index contributed by atoms with van der Waals surface area (Å²) in [6.07, 6.45) is 2.76. The molecule has 1 rings (SSSR count). The number of H-pyrrole nitrogens is 1. The lowest BCUT2D eigenvalue weighted by Crippen LogP contribution is -2.25. The van der Waals surface area contributed by atoms with Crippen LogP contribution in [0.1, 0.15) is 23.7 Å². The highest BCUT2D eigenvalue weighted by Crippen LogP contribution is 1.99. The zero-order valence-electron chi connectivity index (χ0n) is 7.33. The molecule has 0 saturated carbocycles. The highest BCUT2D eigenvalue weighted by Gasteiger charge is 2.11. The van der Waals surface area contributed by atoms with Crippen molar-refractivity contribution in [1.29, 1.82) is 0 Å². The van der Waals surface area contributed by atoms with E-state index >= 15 is 0 Å². The van der Waals surface area contributed by atoms with Crippen LogP contribution >= 0.6 is 0 Å². The molecule has 0 spiro atoms. The van der Waals surface area contributed by atoms with Crippen LogP contribution < -0.4 is 5.32 Å². The van der Waals surface area contributed by atoms with Gasteiger partial charge in [0.25, 0.3) is 0 Å². The molecule has 0 fully saturated rings. The Morgan fingerprint density at radius 3 is 2.92 bits per heavy atom. The summed E-state index contributed by atoms with van der Waals surface area (Å²) in [5.74, 6) is -0.478. The maximum Gasteiger partial charge on any atom is 0.227 e. The topological polar surface area (TPSA) is 74.8 Å². The zero-order valence-corrected chi connectivity index (χ0v) is 7.33. The molecule has 13 heavy (non-hydrogen) atoms. The molecule has 0 unspecified atom stereocenters. The van der Waals surface area contributed by atoms with E-state index in [0.29, 0.717) is 12.1 Å². The van der Waals surface area contributed by atoms with Crippen molar-refractivity contribution in [3.8, 4) is 0 Å². The third kappa shape index (κ3) is 2.70. The number of hydrogen-bond acceptors (Lipinski definition) is 3. The molecule has 0 saturated heterocycles. The molecule has 1 aromatic heterocycles. The van der Waals surface area contributed by atoms with Crippen molar-refractivity contribution in [2.24, 2.45) is 0 Å². The van der Waals surface area contributed by atoms with E-state index in [2.05, 4.69) is 15.5 Å². The number of Topliss-reactive ketones (excluding diaryl/α,β-unsaturated/α-hetero) is 1. The fourth-order valence-corrected chi connectivity index (χ4v) is 0.911. The number of carbonyl (C=O) groups excluding carboxylic acids is 2. The van der Waals surface area contributed by atoms with E-state index < -0.39 is 0 Å². The summed E-state index contributed by atoms with van der Waals surface area (Å²) < 4.78 is 0. The summed E-state index contributed by atoms with van der Waals surface area (Å²) in [4.78, 5) is 22.3. The number of aromatic nitrogens is 2. The van der Waals surface area contributed by atoms with E-state index in [9.17, 15) is 9.59 Å². The monoisotopic (exact) mass is 181 g/mol. The number of amides is 1. The van der Waals surface area contributed by atoms with E-state index in [4.69, 9.17) is 0 Å². The molecular weight excluding hydrogens is 170 g/mol. The van der Waals surface area contributed by atoms with Gasteiger partial charge in [-0.1, -0.05) is 0 Å². The number of aromatic amines is 1. The molecule has 2 N–H and O–H groups in total. The molecule has 0 aromatic carbocycles. The minimum atomic E-state index is -0.256. The minimum absolute atomic E-state index is 0.118. The van der Waals surface area contributed by atoms with E-state index in [1.54, 1.807) is 6.92 Å². The van der Waals surface area contributed by atoms with Crippen molar-refractivity contribution in [3.05, 3.63) is 18.0 Å². The number of nitrogens with zero attached hydrogens (tertiary/aromatic N) is 1. The van der Waals surface area contributed by atoms with Gasteiger partial charge in [-0.05, 0) is 6.92 Å². The number of nitrogens with one attached hydrogen (secondary N) is 2. The molecule has 1 aromatic rings. The Morgan fingerprint density at radius 1 is 1.62 bits per heavy atom. The predicted molar refractivity (Wildman–Crippen MR) is 46.2 cm³/mol. The molecule has 0 radical (unpaired) electrons. The molecule has 1 amide bonds. The number of ketones is 1. The van der Waals surface area contributed by atoms with Gasteiger partial charge in [0.1, 0.15) is 0 Å². The van der Waals surface area contributed by atoms with Gasteiger partial charge in [0.15, 0.2) is 5.78 Å². The summed E-state index contributed by atoms with van der Waals surface area (Å²) in [6, 6.07) is 0. The zero-order chi connectivity index (χ0) is 9.68. The van der Waals surface area contributed by atoms with Crippen molar-refractivity contribution in [2.75, 3.05) is 6.54 Å². The van der Waals surface area contributed by atoms with Crippen LogP contribution in [0, 0.1) is 0 Å². The Balaban J connectivity index is 2.47. The van der Waals surface area contributed by atoms with Crippen LogP contribution in [0.3, 0.4) is 0 Å². The summed E-state index contributed by atoms with van der Waals surface area (Å²) in [5.41, 5.74) is 0.436. The largest absolute Gasteiger partial charge is 0.356 e. The van der Waals surface area contributed by atoms with E-state index in [1.165, 1.54) is 12.4 Å². The van der Waals surface area contributed by atoms with Gasteiger partial charge in [-0.15, -0.1) is 0 Å². The normalized spacial score (nSPS) is 9.62. The third-order valence-electron chi connectivity index (χ3n) is 1.52. The average molecular weight is 181 g/mol. The van der Waals surface area contributed by atoms with Gasteiger partial charge < -0.3 is 5.32 Å². The van der Waals surface area contributed by atoms with Crippen LogP contribution in [0.4, 0.5) is 0 Å². The molecule has 0 aliphatic heterocycles. The summed E-state index contributed by atoms with van der Waals surface area (Å²) >= 11 is 0. The van der Waals surface area contributed by atoms with Crippen molar-refractivity contribution in [2.45, 2.75) is 13.3 Å². The van der Waals surface area contributed by atoms with Crippen molar-refractivity contribution in [3.63, 3.8) is 0 Å². The molecule has 0 atom stereocenters. The van der Waals surface area contributed by atoms with Gasteiger partial charge >= 0.3 is 0 Å². The lowest BCUT2D eigenvalue weighted by atomic mass is 10.2. The third-order valence-corrected chi connectivity index (χ3v) is 1.52. The molecule has 0 aliphatic rings. The Morgan fingerprint density at radius 2 is 2.38 bits per heavy atom. The number of carbonyl (C=O) groups is 2. The molecule has 70 valence electrons. The van der Waals surface area contributed by atoms with Gasteiger partial charge in [0.2, 0.25) is 5.91 Å². The highest BCUT2D eigenvalue weighted by molar-refractivity contribution is 6.07. The minimum Gasteiger partial charge on any atom is -0.356 e. The lowest BCUT2D eigenvalue weighted by Gasteiger charge is -1.98. The predicted octanol–water partition coefficient (Wildman–Crippen LogP) is 0.119. The molecule has 5 nitrogen and oxygen atoms in total. The van der Waals surface area contributed by atoms with Crippen LogP contribution in [-0.4, -0.2) is 28.4 Å². The second kappa shape index (κ2) is 4.39. The molecular formula is C8H11N3O2. The number of rotatable bonds is 4. The standard InChI is InChI=1S/C8H11N3O2/c1-2-9-8(13)3-7(12)6-4-10-11-5-6/h4-5H,2-3H2,1H3,(H,9,13)(H,10,11). The molecule has 0 aliphatic carbocycles.